The van der Waals surface area contributed by atoms with Crippen LogP contribution < -0.4 is 0 Å². The van der Waals surface area contributed by atoms with E-state index in [1.807, 2.05) is 32.0 Å². The lowest BCUT2D eigenvalue weighted by atomic mass is 10.0. The average molecular weight is 274 g/mol. The maximum Gasteiger partial charge on any atom is 0.254 e. The third-order valence-corrected chi connectivity index (χ3v) is 3.86. The number of carbonyl (C=O) groups is 2. The Labute approximate surface area is 120 Å². The summed E-state index contributed by atoms with van der Waals surface area (Å²) in [7, 11) is 3.47. The first-order valence-corrected chi connectivity index (χ1v) is 7.01. The number of amides is 2. The third-order valence-electron chi connectivity index (χ3n) is 3.86. The van der Waals surface area contributed by atoms with Gasteiger partial charge in [0, 0.05) is 26.2 Å². The largest absolute Gasteiger partial charge is 0.347 e. The molecular formula is C16H22N2O2. The quantitative estimate of drug-likeness (QED) is 0.827. The van der Waals surface area contributed by atoms with Crippen LogP contribution in [0.5, 0.6) is 0 Å². The summed E-state index contributed by atoms with van der Waals surface area (Å²) in [6.45, 7) is 4.57. The van der Waals surface area contributed by atoms with Gasteiger partial charge in [0.1, 0.15) is 6.04 Å². The minimum Gasteiger partial charge on any atom is -0.347 e. The standard InChI is InChI=1S/C16H22N2O2/c1-11-7-8-12(2)13(10-11)15(19)18-9-5-6-14(18)16(20)17(3)4/h7-8,10,14H,5-6,9H2,1-4H3. The van der Waals surface area contributed by atoms with Crippen molar-refractivity contribution in [1.29, 1.82) is 0 Å². The van der Waals surface area contributed by atoms with E-state index in [2.05, 4.69) is 0 Å². The topological polar surface area (TPSA) is 40.6 Å². The minimum absolute atomic E-state index is 0.0150. The second-order valence-electron chi connectivity index (χ2n) is 5.71. The highest BCUT2D eigenvalue weighted by atomic mass is 16.2. The van der Waals surface area contributed by atoms with Crippen molar-refractivity contribution in [2.75, 3.05) is 20.6 Å². The number of rotatable bonds is 2. The summed E-state index contributed by atoms with van der Waals surface area (Å²) in [5, 5.41) is 0. The Bertz CT molecular complexity index is 537. The fourth-order valence-corrected chi connectivity index (χ4v) is 2.69. The van der Waals surface area contributed by atoms with Crippen molar-refractivity contribution in [2.45, 2.75) is 32.7 Å². The van der Waals surface area contributed by atoms with Crippen molar-refractivity contribution in [3.63, 3.8) is 0 Å². The molecule has 0 radical (unpaired) electrons. The Kier molecular flexibility index (Phi) is 4.12. The van der Waals surface area contributed by atoms with E-state index in [0.717, 1.165) is 24.0 Å². The smallest absolute Gasteiger partial charge is 0.254 e. The van der Waals surface area contributed by atoms with Crippen molar-refractivity contribution in [3.05, 3.63) is 34.9 Å². The van der Waals surface area contributed by atoms with E-state index in [4.69, 9.17) is 0 Å². The molecular weight excluding hydrogens is 252 g/mol. The van der Waals surface area contributed by atoms with Crippen molar-refractivity contribution >= 4 is 11.8 Å². The van der Waals surface area contributed by atoms with Gasteiger partial charge in [-0.2, -0.15) is 0 Å². The van der Waals surface area contributed by atoms with Crippen LogP contribution in [-0.2, 0) is 4.79 Å². The molecule has 20 heavy (non-hydrogen) atoms. The lowest BCUT2D eigenvalue weighted by Crippen LogP contribution is -2.45. The molecule has 2 rings (SSSR count). The summed E-state index contributed by atoms with van der Waals surface area (Å²) >= 11 is 0. The molecule has 108 valence electrons. The van der Waals surface area contributed by atoms with E-state index < -0.39 is 0 Å². The number of likely N-dealkylation sites (N-methyl/N-ethyl adjacent to an activating group) is 1. The van der Waals surface area contributed by atoms with Crippen molar-refractivity contribution in [3.8, 4) is 0 Å². The second-order valence-corrected chi connectivity index (χ2v) is 5.71. The van der Waals surface area contributed by atoms with Gasteiger partial charge < -0.3 is 9.80 Å². The molecule has 0 N–H and O–H groups in total. The van der Waals surface area contributed by atoms with Crippen LogP contribution in [0.4, 0.5) is 0 Å². The zero-order chi connectivity index (χ0) is 14.9. The van der Waals surface area contributed by atoms with Gasteiger partial charge in [-0.05, 0) is 38.3 Å². The fraction of sp³-hybridized carbons (Fsp3) is 0.500. The van der Waals surface area contributed by atoms with E-state index in [-0.39, 0.29) is 17.9 Å². The van der Waals surface area contributed by atoms with Gasteiger partial charge in [0.25, 0.3) is 5.91 Å². The van der Waals surface area contributed by atoms with Gasteiger partial charge in [0.05, 0.1) is 0 Å². The molecule has 4 heteroatoms. The summed E-state index contributed by atoms with van der Waals surface area (Å²) in [5.41, 5.74) is 2.74. The van der Waals surface area contributed by atoms with Crippen molar-refractivity contribution < 1.29 is 9.59 Å². The molecule has 0 spiro atoms. The predicted octanol–water partition coefficient (Wildman–Crippen LogP) is 2.00. The highest BCUT2D eigenvalue weighted by Gasteiger charge is 2.35. The van der Waals surface area contributed by atoms with E-state index >= 15 is 0 Å². The lowest BCUT2D eigenvalue weighted by Gasteiger charge is -2.26. The van der Waals surface area contributed by atoms with E-state index in [9.17, 15) is 9.59 Å². The number of nitrogens with zero attached hydrogens (tertiary/aromatic N) is 2. The van der Waals surface area contributed by atoms with Gasteiger partial charge in [-0.3, -0.25) is 9.59 Å². The summed E-state index contributed by atoms with van der Waals surface area (Å²) < 4.78 is 0. The molecule has 4 nitrogen and oxygen atoms in total. The molecule has 1 aromatic rings. The molecule has 0 bridgehead atoms. The molecule has 0 aromatic heterocycles. The Balaban J connectivity index is 2.28. The summed E-state index contributed by atoms with van der Waals surface area (Å²) in [5.74, 6) is -0.00921. The molecule has 1 atom stereocenters. The van der Waals surface area contributed by atoms with Crippen molar-refractivity contribution in [1.82, 2.24) is 9.80 Å². The summed E-state index contributed by atoms with van der Waals surface area (Å²) in [6, 6.07) is 5.56. The van der Waals surface area contributed by atoms with Crippen LogP contribution in [0.1, 0.15) is 34.3 Å². The van der Waals surface area contributed by atoms with Crippen LogP contribution in [0.2, 0.25) is 0 Å². The highest BCUT2D eigenvalue weighted by Crippen LogP contribution is 2.23. The molecule has 0 saturated carbocycles. The fourth-order valence-electron chi connectivity index (χ4n) is 2.69. The van der Waals surface area contributed by atoms with Crippen LogP contribution >= 0.6 is 0 Å². The highest BCUT2D eigenvalue weighted by molar-refractivity contribution is 5.99. The zero-order valence-electron chi connectivity index (χ0n) is 12.6. The maximum absolute atomic E-state index is 12.7. The monoisotopic (exact) mass is 274 g/mol. The molecule has 1 fully saturated rings. The van der Waals surface area contributed by atoms with Gasteiger partial charge in [0.2, 0.25) is 5.91 Å². The third kappa shape index (κ3) is 2.69. The molecule has 1 heterocycles. The Hall–Kier alpha value is -1.84. The number of likely N-dealkylation sites (tertiary alicyclic amines) is 1. The number of carbonyl (C=O) groups excluding carboxylic acids is 2. The number of hydrogen-bond donors (Lipinski definition) is 0. The first-order chi connectivity index (χ1) is 9.41. The number of benzene rings is 1. The van der Waals surface area contributed by atoms with Gasteiger partial charge >= 0.3 is 0 Å². The molecule has 1 unspecified atom stereocenters. The SMILES string of the molecule is Cc1ccc(C)c(C(=O)N2CCCC2C(=O)N(C)C)c1. The van der Waals surface area contributed by atoms with Gasteiger partial charge in [0.15, 0.2) is 0 Å². The van der Waals surface area contributed by atoms with E-state index in [1.165, 1.54) is 0 Å². The average Bonchev–Trinajstić information content (AvgIpc) is 2.88. The first-order valence-electron chi connectivity index (χ1n) is 7.01. The molecule has 1 aliphatic rings. The van der Waals surface area contributed by atoms with Crippen molar-refractivity contribution in [2.24, 2.45) is 0 Å². The van der Waals surface area contributed by atoms with Crippen LogP contribution in [0, 0.1) is 13.8 Å². The summed E-state index contributed by atoms with van der Waals surface area (Å²) in [4.78, 5) is 28.2. The molecule has 1 saturated heterocycles. The maximum atomic E-state index is 12.7. The van der Waals surface area contributed by atoms with Gasteiger partial charge in [-0.15, -0.1) is 0 Å². The summed E-state index contributed by atoms with van der Waals surface area (Å²) in [6.07, 6.45) is 1.65. The van der Waals surface area contributed by atoms with Crippen LogP contribution in [-0.4, -0.2) is 48.3 Å². The lowest BCUT2D eigenvalue weighted by molar-refractivity contribution is -0.132. The van der Waals surface area contributed by atoms with Crippen LogP contribution in [0.25, 0.3) is 0 Å². The molecule has 1 aromatic carbocycles. The number of hydrogen-bond acceptors (Lipinski definition) is 2. The van der Waals surface area contributed by atoms with E-state index in [1.54, 1.807) is 23.9 Å². The Morgan fingerprint density at radius 2 is 1.95 bits per heavy atom. The number of aryl methyl sites for hydroxylation is 2. The zero-order valence-corrected chi connectivity index (χ0v) is 12.6. The first kappa shape index (κ1) is 14.6. The van der Waals surface area contributed by atoms with Gasteiger partial charge in [-0.1, -0.05) is 17.7 Å². The predicted molar refractivity (Wildman–Crippen MR) is 78.7 cm³/mol. The van der Waals surface area contributed by atoms with E-state index in [0.29, 0.717) is 12.1 Å². The minimum atomic E-state index is -0.308. The molecule has 1 aliphatic heterocycles. The Morgan fingerprint density at radius 1 is 1.25 bits per heavy atom. The van der Waals surface area contributed by atoms with Gasteiger partial charge in [-0.25, -0.2) is 0 Å². The Morgan fingerprint density at radius 3 is 2.60 bits per heavy atom. The van der Waals surface area contributed by atoms with Crippen LogP contribution in [0.15, 0.2) is 18.2 Å². The molecule has 0 aliphatic carbocycles. The second kappa shape index (κ2) is 5.65. The van der Waals surface area contributed by atoms with Crippen LogP contribution in [0.3, 0.4) is 0 Å². The molecule has 2 amide bonds. The normalized spacial score (nSPS) is 18.2.